The van der Waals surface area contributed by atoms with Crippen LogP contribution >= 0.6 is 11.6 Å². The number of aliphatic hydroxyl groups is 1. The number of nitrogens with zero attached hydrogens (tertiary/aromatic N) is 1. The summed E-state index contributed by atoms with van der Waals surface area (Å²) in [6.45, 7) is 4.57. The van der Waals surface area contributed by atoms with Crippen LogP contribution < -0.4 is 5.32 Å². The molecular weight excluding hydrogens is 252 g/mol. The lowest BCUT2D eigenvalue weighted by Gasteiger charge is -2.19. The largest absolute Gasteiger partial charge is 0.388 e. The first kappa shape index (κ1) is 13.2. The summed E-state index contributed by atoms with van der Waals surface area (Å²) >= 11 is 6.00. The Bertz CT molecular complexity index is 474. The number of halogens is 1. The van der Waals surface area contributed by atoms with Crippen molar-refractivity contribution in [3.63, 3.8) is 0 Å². The molecule has 1 aliphatic heterocycles. The van der Waals surface area contributed by atoms with E-state index in [1.54, 1.807) is 17.9 Å². The Kier molecular flexibility index (Phi) is 3.50. The van der Waals surface area contributed by atoms with Gasteiger partial charge in [-0.2, -0.15) is 0 Å². The molecule has 1 heterocycles. The number of likely N-dealkylation sites (tertiary alicyclic amines) is 1. The topological polar surface area (TPSA) is 52.6 Å². The minimum Gasteiger partial charge on any atom is -0.388 e. The number of carbonyl (C=O) groups is 1. The minimum atomic E-state index is -0.776. The Morgan fingerprint density at radius 1 is 1.56 bits per heavy atom. The SMILES string of the molecule is Cc1ccc(NC(=O)N2CCC(C)(O)C2)cc1Cl. The molecule has 1 aliphatic rings. The van der Waals surface area contributed by atoms with E-state index in [-0.39, 0.29) is 6.03 Å². The third-order valence-electron chi connectivity index (χ3n) is 3.16. The summed E-state index contributed by atoms with van der Waals surface area (Å²) in [5.41, 5.74) is 0.864. The molecule has 4 nitrogen and oxygen atoms in total. The van der Waals surface area contributed by atoms with Gasteiger partial charge in [0.15, 0.2) is 0 Å². The summed E-state index contributed by atoms with van der Waals surface area (Å²) in [5.74, 6) is 0. The quantitative estimate of drug-likeness (QED) is 0.823. The van der Waals surface area contributed by atoms with Gasteiger partial charge in [-0.15, -0.1) is 0 Å². The average molecular weight is 269 g/mol. The molecule has 0 spiro atoms. The predicted molar refractivity (Wildman–Crippen MR) is 72.0 cm³/mol. The van der Waals surface area contributed by atoms with Gasteiger partial charge in [-0.05, 0) is 38.0 Å². The molecule has 98 valence electrons. The van der Waals surface area contributed by atoms with Gasteiger partial charge >= 0.3 is 6.03 Å². The van der Waals surface area contributed by atoms with Gasteiger partial charge in [-0.25, -0.2) is 4.79 Å². The summed E-state index contributed by atoms with van der Waals surface area (Å²) in [7, 11) is 0. The second kappa shape index (κ2) is 4.78. The van der Waals surface area contributed by atoms with Crippen LogP contribution in [-0.2, 0) is 0 Å². The zero-order valence-corrected chi connectivity index (χ0v) is 11.3. The number of urea groups is 1. The van der Waals surface area contributed by atoms with Crippen LogP contribution in [0.25, 0.3) is 0 Å². The van der Waals surface area contributed by atoms with Gasteiger partial charge in [0, 0.05) is 17.3 Å². The molecule has 2 N–H and O–H groups in total. The maximum absolute atomic E-state index is 12.0. The zero-order chi connectivity index (χ0) is 13.3. The van der Waals surface area contributed by atoms with Crippen molar-refractivity contribution in [3.8, 4) is 0 Å². The van der Waals surface area contributed by atoms with Gasteiger partial charge in [0.1, 0.15) is 0 Å². The first-order chi connectivity index (χ1) is 8.37. The molecule has 1 unspecified atom stereocenters. The molecule has 18 heavy (non-hydrogen) atoms. The normalized spacial score (nSPS) is 23.2. The fourth-order valence-electron chi connectivity index (χ4n) is 1.99. The summed E-state index contributed by atoms with van der Waals surface area (Å²) in [6, 6.07) is 5.20. The average Bonchev–Trinajstić information content (AvgIpc) is 2.64. The number of anilines is 1. The van der Waals surface area contributed by atoms with Crippen LogP contribution in [0.5, 0.6) is 0 Å². The highest BCUT2D eigenvalue weighted by atomic mass is 35.5. The van der Waals surface area contributed by atoms with E-state index in [4.69, 9.17) is 11.6 Å². The monoisotopic (exact) mass is 268 g/mol. The number of hydrogen-bond acceptors (Lipinski definition) is 2. The van der Waals surface area contributed by atoms with Crippen LogP contribution in [0.4, 0.5) is 10.5 Å². The molecule has 1 atom stereocenters. The Hall–Kier alpha value is -1.26. The third-order valence-corrected chi connectivity index (χ3v) is 3.57. The highest BCUT2D eigenvalue weighted by molar-refractivity contribution is 6.31. The summed E-state index contributed by atoms with van der Waals surface area (Å²) in [6.07, 6.45) is 0.606. The molecule has 0 aromatic heterocycles. The number of carbonyl (C=O) groups excluding carboxylic acids is 1. The van der Waals surface area contributed by atoms with E-state index in [1.165, 1.54) is 0 Å². The second-order valence-electron chi connectivity index (χ2n) is 5.06. The molecule has 1 aromatic carbocycles. The molecule has 1 saturated heterocycles. The summed E-state index contributed by atoms with van der Waals surface area (Å²) in [4.78, 5) is 13.6. The number of β-amino-alcohol motifs (C(OH)–C–C–N with tert-alkyl or cyclic N) is 1. The van der Waals surface area contributed by atoms with Crippen molar-refractivity contribution in [2.75, 3.05) is 18.4 Å². The highest BCUT2D eigenvalue weighted by Gasteiger charge is 2.33. The lowest BCUT2D eigenvalue weighted by atomic mass is 10.1. The third kappa shape index (κ3) is 2.94. The van der Waals surface area contributed by atoms with Crippen molar-refractivity contribution < 1.29 is 9.90 Å². The molecular formula is C13H17ClN2O2. The first-order valence-electron chi connectivity index (χ1n) is 5.92. The van der Waals surface area contributed by atoms with Gasteiger partial charge in [0.05, 0.1) is 12.1 Å². The first-order valence-corrected chi connectivity index (χ1v) is 6.30. The molecule has 0 saturated carbocycles. The molecule has 1 fully saturated rings. The molecule has 1 aromatic rings. The molecule has 0 bridgehead atoms. The number of nitrogens with one attached hydrogen (secondary N) is 1. The van der Waals surface area contributed by atoms with Crippen LogP contribution in [0.2, 0.25) is 5.02 Å². The maximum Gasteiger partial charge on any atom is 0.321 e. The van der Waals surface area contributed by atoms with Gasteiger partial charge in [-0.1, -0.05) is 17.7 Å². The Morgan fingerprint density at radius 3 is 2.83 bits per heavy atom. The van der Waals surface area contributed by atoms with Gasteiger partial charge in [0.2, 0.25) is 0 Å². The Morgan fingerprint density at radius 2 is 2.28 bits per heavy atom. The van der Waals surface area contributed by atoms with Crippen LogP contribution in [0.1, 0.15) is 18.9 Å². The van der Waals surface area contributed by atoms with Crippen LogP contribution in [0, 0.1) is 6.92 Å². The van der Waals surface area contributed by atoms with E-state index >= 15 is 0 Å². The number of amides is 2. The lowest BCUT2D eigenvalue weighted by molar-refractivity contribution is 0.0727. The standard InChI is InChI=1S/C13H17ClN2O2/c1-9-3-4-10(7-11(9)14)15-12(17)16-6-5-13(2,18)8-16/h3-4,7,18H,5-6,8H2,1-2H3,(H,15,17). The van der Waals surface area contributed by atoms with E-state index in [9.17, 15) is 9.90 Å². The predicted octanol–water partition coefficient (Wildman–Crippen LogP) is 2.64. The Balaban J connectivity index is 2.01. The van der Waals surface area contributed by atoms with Gasteiger partial charge < -0.3 is 15.3 Å². The maximum atomic E-state index is 12.0. The minimum absolute atomic E-state index is 0.201. The second-order valence-corrected chi connectivity index (χ2v) is 5.47. The van der Waals surface area contributed by atoms with Crippen LogP contribution in [0.15, 0.2) is 18.2 Å². The van der Waals surface area contributed by atoms with Crippen molar-refractivity contribution in [2.45, 2.75) is 25.9 Å². The van der Waals surface area contributed by atoms with E-state index in [0.717, 1.165) is 5.56 Å². The lowest BCUT2D eigenvalue weighted by Crippen LogP contribution is -2.36. The highest BCUT2D eigenvalue weighted by Crippen LogP contribution is 2.23. The number of aryl methyl sites for hydroxylation is 1. The van der Waals surface area contributed by atoms with Crippen molar-refractivity contribution in [2.24, 2.45) is 0 Å². The molecule has 2 amide bonds. The summed E-state index contributed by atoms with van der Waals surface area (Å²) in [5, 5.41) is 13.2. The summed E-state index contributed by atoms with van der Waals surface area (Å²) < 4.78 is 0. The van der Waals surface area contributed by atoms with E-state index in [2.05, 4.69) is 5.32 Å². The number of hydrogen-bond donors (Lipinski definition) is 2. The molecule has 0 aliphatic carbocycles. The van der Waals surface area contributed by atoms with Crippen molar-refractivity contribution >= 4 is 23.3 Å². The molecule has 2 rings (SSSR count). The fraction of sp³-hybridized carbons (Fsp3) is 0.462. The van der Waals surface area contributed by atoms with E-state index in [1.807, 2.05) is 19.1 Å². The van der Waals surface area contributed by atoms with Crippen LogP contribution in [0.3, 0.4) is 0 Å². The van der Waals surface area contributed by atoms with E-state index < -0.39 is 5.60 Å². The number of benzene rings is 1. The van der Waals surface area contributed by atoms with Crippen molar-refractivity contribution in [3.05, 3.63) is 28.8 Å². The smallest absolute Gasteiger partial charge is 0.321 e. The number of rotatable bonds is 1. The fourth-order valence-corrected chi connectivity index (χ4v) is 2.17. The van der Waals surface area contributed by atoms with Gasteiger partial charge in [0.25, 0.3) is 0 Å². The van der Waals surface area contributed by atoms with E-state index in [0.29, 0.717) is 30.2 Å². The Labute approximate surface area is 112 Å². The van der Waals surface area contributed by atoms with Crippen LogP contribution in [-0.4, -0.2) is 34.7 Å². The van der Waals surface area contributed by atoms with Crippen molar-refractivity contribution in [1.82, 2.24) is 4.90 Å². The zero-order valence-electron chi connectivity index (χ0n) is 10.5. The molecule has 5 heteroatoms. The molecule has 0 radical (unpaired) electrons. The van der Waals surface area contributed by atoms with Crippen molar-refractivity contribution in [1.29, 1.82) is 0 Å². The van der Waals surface area contributed by atoms with Gasteiger partial charge in [-0.3, -0.25) is 0 Å².